The van der Waals surface area contributed by atoms with Gasteiger partial charge in [-0.25, -0.2) is 0 Å². The van der Waals surface area contributed by atoms with Crippen molar-refractivity contribution in [3.8, 4) is 0 Å². The zero-order valence-corrected chi connectivity index (χ0v) is 7.22. The first-order valence-corrected chi connectivity index (χ1v) is 3.70. The molecule has 1 aromatic rings. The lowest BCUT2D eigenvalue weighted by molar-refractivity contribution is -0.138. The highest BCUT2D eigenvalue weighted by atomic mass is 19.4. The molecular weight excluding hydrogens is 197 g/mol. The zero-order chi connectivity index (χ0) is 10.8. The Bertz CT molecular complexity index is 349. The zero-order valence-electron chi connectivity index (χ0n) is 7.22. The standard InChI is InChI=1S/C8H7F3N2O/c1-12-7(14)5-2-3-13-4-6(5)8(9,10)11/h2-4H,1H3,(H,12,14). The number of nitrogens with one attached hydrogen (secondary N) is 1. The van der Waals surface area contributed by atoms with Crippen LogP contribution in [0, 0.1) is 0 Å². The maximum atomic E-state index is 12.3. The Kier molecular flexibility index (Phi) is 2.73. The van der Waals surface area contributed by atoms with Gasteiger partial charge in [0.1, 0.15) is 0 Å². The lowest BCUT2D eigenvalue weighted by Crippen LogP contribution is -2.22. The van der Waals surface area contributed by atoms with Crippen LogP contribution in [0.25, 0.3) is 0 Å². The van der Waals surface area contributed by atoms with Crippen molar-refractivity contribution in [2.45, 2.75) is 6.18 Å². The molecule has 1 heterocycles. The van der Waals surface area contributed by atoms with E-state index < -0.39 is 23.2 Å². The van der Waals surface area contributed by atoms with Gasteiger partial charge < -0.3 is 5.32 Å². The molecule has 0 aliphatic heterocycles. The van der Waals surface area contributed by atoms with Crippen molar-refractivity contribution in [3.05, 3.63) is 29.6 Å². The summed E-state index contributed by atoms with van der Waals surface area (Å²) in [5, 5.41) is 2.13. The normalized spacial score (nSPS) is 11.1. The maximum absolute atomic E-state index is 12.3. The summed E-state index contributed by atoms with van der Waals surface area (Å²) < 4.78 is 37.0. The molecule has 3 nitrogen and oxygen atoms in total. The van der Waals surface area contributed by atoms with Crippen LogP contribution >= 0.6 is 0 Å². The molecule has 0 radical (unpaired) electrons. The molecule has 14 heavy (non-hydrogen) atoms. The van der Waals surface area contributed by atoms with Gasteiger partial charge >= 0.3 is 6.18 Å². The molecule has 76 valence electrons. The van der Waals surface area contributed by atoms with Crippen LogP contribution in [0.1, 0.15) is 15.9 Å². The third-order valence-corrected chi connectivity index (χ3v) is 1.60. The predicted molar refractivity (Wildman–Crippen MR) is 42.6 cm³/mol. The first-order chi connectivity index (χ1) is 6.46. The summed E-state index contributed by atoms with van der Waals surface area (Å²) >= 11 is 0. The number of halogens is 3. The molecular formula is C8H7F3N2O. The van der Waals surface area contributed by atoms with Crippen molar-refractivity contribution in [2.75, 3.05) is 7.05 Å². The average molecular weight is 204 g/mol. The molecule has 1 N–H and O–H groups in total. The minimum Gasteiger partial charge on any atom is -0.355 e. The molecule has 0 aliphatic carbocycles. The number of hydrogen-bond donors (Lipinski definition) is 1. The van der Waals surface area contributed by atoms with Crippen molar-refractivity contribution >= 4 is 5.91 Å². The molecule has 1 rings (SSSR count). The summed E-state index contributed by atoms with van der Waals surface area (Å²) in [6.07, 6.45) is -2.79. The second kappa shape index (κ2) is 3.65. The van der Waals surface area contributed by atoms with Gasteiger partial charge in [-0.2, -0.15) is 13.2 Å². The predicted octanol–water partition coefficient (Wildman–Crippen LogP) is 1.46. The van der Waals surface area contributed by atoms with E-state index in [2.05, 4.69) is 10.3 Å². The van der Waals surface area contributed by atoms with E-state index in [0.29, 0.717) is 6.20 Å². The molecule has 6 heteroatoms. The van der Waals surface area contributed by atoms with Crippen molar-refractivity contribution < 1.29 is 18.0 Å². The Labute approximate surface area is 78.0 Å². The number of nitrogens with zero attached hydrogens (tertiary/aromatic N) is 1. The van der Waals surface area contributed by atoms with Crippen LogP contribution in [-0.2, 0) is 6.18 Å². The van der Waals surface area contributed by atoms with E-state index in [1.165, 1.54) is 7.05 Å². The van der Waals surface area contributed by atoms with Gasteiger partial charge in [-0.3, -0.25) is 9.78 Å². The average Bonchev–Trinajstić information content (AvgIpc) is 2.15. The lowest BCUT2D eigenvalue weighted by atomic mass is 10.1. The van der Waals surface area contributed by atoms with Crippen LogP contribution in [0.15, 0.2) is 18.5 Å². The fourth-order valence-corrected chi connectivity index (χ4v) is 0.953. The highest BCUT2D eigenvalue weighted by Gasteiger charge is 2.35. The monoisotopic (exact) mass is 204 g/mol. The number of rotatable bonds is 1. The number of aromatic nitrogens is 1. The number of hydrogen-bond acceptors (Lipinski definition) is 2. The highest BCUT2D eigenvalue weighted by Crippen LogP contribution is 2.30. The van der Waals surface area contributed by atoms with E-state index in [1.54, 1.807) is 0 Å². The molecule has 0 atom stereocenters. The first-order valence-electron chi connectivity index (χ1n) is 3.70. The van der Waals surface area contributed by atoms with Crippen LogP contribution in [0.5, 0.6) is 0 Å². The van der Waals surface area contributed by atoms with Crippen LogP contribution in [0.3, 0.4) is 0 Å². The van der Waals surface area contributed by atoms with Crippen molar-refractivity contribution in [2.24, 2.45) is 0 Å². The lowest BCUT2D eigenvalue weighted by Gasteiger charge is -2.10. The number of alkyl halides is 3. The summed E-state index contributed by atoms with van der Waals surface area (Å²) in [4.78, 5) is 14.4. The fraction of sp³-hybridized carbons (Fsp3) is 0.250. The fourth-order valence-electron chi connectivity index (χ4n) is 0.953. The summed E-state index contributed by atoms with van der Waals surface area (Å²) in [5.41, 5.74) is -1.45. The number of pyridine rings is 1. The van der Waals surface area contributed by atoms with Crippen LogP contribution in [0.4, 0.5) is 13.2 Å². The molecule has 0 saturated carbocycles. The van der Waals surface area contributed by atoms with Gasteiger partial charge in [0.05, 0.1) is 11.1 Å². The second-order valence-corrected chi connectivity index (χ2v) is 2.50. The molecule has 0 unspecified atom stereocenters. The van der Waals surface area contributed by atoms with Crippen LogP contribution in [0.2, 0.25) is 0 Å². The van der Waals surface area contributed by atoms with Crippen LogP contribution in [-0.4, -0.2) is 17.9 Å². The second-order valence-electron chi connectivity index (χ2n) is 2.50. The van der Waals surface area contributed by atoms with Gasteiger partial charge in [0.25, 0.3) is 5.91 Å². The Morgan fingerprint density at radius 2 is 2.14 bits per heavy atom. The van der Waals surface area contributed by atoms with Crippen molar-refractivity contribution in [1.29, 1.82) is 0 Å². The Hall–Kier alpha value is -1.59. The summed E-state index contributed by atoms with van der Waals surface area (Å²) in [6.45, 7) is 0. The van der Waals surface area contributed by atoms with Gasteiger partial charge in [0.2, 0.25) is 0 Å². The van der Waals surface area contributed by atoms with E-state index in [4.69, 9.17) is 0 Å². The van der Waals surface area contributed by atoms with Gasteiger partial charge in [-0.15, -0.1) is 0 Å². The summed E-state index contributed by atoms with van der Waals surface area (Å²) in [6, 6.07) is 1.03. The number of carbonyl (C=O) groups excluding carboxylic acids is 1. The SMILES string of the molecule is CNC(=O)c1ccncc1C(F)(F)F. The van der Waals surface area contributed by atoms with E-state index in [0.717, 1.165) is 12.3 Å². The highest BCUT2D eigenvalue weighted by molar-refractivity contribution is 5.95. The third kappa shape index (κ3) is 2.01. The minimum absolute atomic E-state index is 0.421. The van der Waals surface area contributed by atoms with E-state index >= 15 is 0 Å². The van der Waals surface area contributed by atoms with E-state index in [9.17, 15) is 18.0 Å². The third-order valence-electron chi connectivity index (χ3n) is 1.60. The molecule has 0 aliphatic rings. The smallest absolute Gasteiger partial charge is 0.355 e. The molecule has 0 bridgehead atoms. The summed E-state index contributed by atoms with van der Waals surface area (Å²) in [5.74, 6) is -0.778. The summed E-state index contributed by atoms with van der Waals surface area (Å²) in [7, 11) is 1.27. The van der Waals surface area contributed by atoms with Crippen LogP contribution < -0.4 is 5.32 Å². The maximum Gasteiger partial charge on any atom is 0.418 e. The Morgan fingerprint density at radius 1 is 1.50 bits per heavy atom. The minimum atomic E-state index is -4.56. The van der Waals surface area contributed by atoms with Crippen molar-refractivity contribution in [1.82, 2.24) is 10.3 Å². The topological polar surface area (TPSA) is 42.0 Å². The van der Waals surface area contributed by atoms with Gasteiger partial charge in [-0.05, 0) is 6.07 Å². The molecule has 0 saturated heterocycles. The largest absolute Gasteiger partial charge is 0.418 e. The molecule has 1 amide bonds. The number of carbonyl (C=O) groups is 1. The Morgan fingerprint density at radius 3 is 2.64 bits per heavy atom. The van der Waals surface area contributed by atoms with E-state index in [1.807, 2.05) is 0 Å². The molecule has 0 spiro atoms. The van der Waals surface area contributed by atoms with Crippen molar-refractivity contribution in [3.63, 3.8) is 0 Å². The molecule has 0 aromatic carbocycles. The number of amides is 1. The first kappa shape index (κ1) is 10.5. The van der Waals surface area contributed by atoms with Gasteiger partial charge in [0.15, 0.2) is 0 Å². The molecule has 0 fully saturated rings. The molecule has 1 aromatic heterocycles. The van der Waals surface area contributed by atoms with Gasteiger partial charge in [0, 0.05) is 19.4 Å². The van der Waals surface area contributed by atoms with Gasteiger partial charge in [-0.1, -0.05) is 0 Å². The van der Waals surface area contributed by atoms with E-state index in [-0.39, 0.29) is 0 Å². The Balaban J connectivity index is 3.23. The quantitative estimate of drug-likeness (QED) is 0.752.